The number of benzene rings is 2. The van der Waals surface area contributed by atoms with E-state index in [2.05, 4.69) is 12.6 Å². The minimum Gasteiger partial charge on any atom is -0.493 e. The summed E-state index contributed by atoms with van der Waals surface area (Å²) in [5, 5.41) is 9.10. The molecule has 0 aliphatic heterocycles. The van der Waals surface area contributed by atoms with E-state index >= 15 is 0 Å². The van der Waals surface area contributed by atoms with Gasteiger partial charge in [0.2, 0.25) is 0 Å². The third-order valence-corrected chi connectivity index (χ3v) is 3.97. The van der Waals surface area contributed by atoms with Crippen LogP contribution in [0.1, 0.15) is 25.0 Å². The fourth-order valence-electron chi connectivity index (χ4n) is 2.71. The summed E-state index contributed by atoms with van der Waals surface area (Å²) in [7, 11) is 1.57. The van der Waals surface area contributed by atoms with Crippen molar-refractivity contribution in [3.05, 3.63) is 72.3 Å². The number of methoxy groups -OCH3 is 1. The molecule has 28 heavy (non-hydrogen) atoms. The van der Waals surface area contributed by atoms with Crippen LogP contribution in [-0.4, -0.2) is 25.7 Å². The molecule has 5 heteroatoms. The molecule has 1 amide bonds. The lowest BCUT2D eigenvalue weighted by molar-refractivity contribution is -0.114. The van der Waals surface area contributed by atoms with Crippen LogP contribution in [0.2, 0.25) is 0 Å². The molecule has 0 saturated heterocycles. The normalized spacial score (nSPS) is 10.5. The standard InChI is InChI=1S/C23H24N2O3/c1-5-13-28-21-11-9-18(15-22(21)27-4)10-12-23(26)25(17(2)3)20-8-6-7-19(14-20)16-24/h5-12,14-15,17H,1,13H2,2-4H3. The van der Waals surface area contributed by atoms with Crippen LogP contribution in [0, 0.1) is 11.3 Å². The molecule has 0 saturated carbocycles. The van der Waals surface area contributed by atoms with Crippen LogP contribution in [0.4, 0.5) is 5.69 Å². The molecule has 0 aliphatic carbocycles. The summed E-state index contributed by atoms with van der Waals surface area (Å²) in [6.07, 6.45) is 4.90. The Balaban J connectivity index is 2.24. The van der Waals surface area contributed by atoms with Gasteiger partial charge in [0.05, 0.1) is 18.7 Å². The van der Waals surface area contributed by atoms with E-state index in [1.807, 2.05) is 26.0 Å². The average molecular weight is 376 g/mol. The predicted octanol–water partition coefficient (Wildman–Crippen LogP) is 4.59. The second kappa shape index (κ2) is 9.98. The Labute approximate surface area is 166 Å². The zero-order chi connectivity index (χ0) is 20.5. The number of ether oxygens (including phenoxy) is 2. The quantitative estimate of drug-likeness (QED) is 0.499. The number of carbonyl (C=O) groups excluding carboxylic acids is 1. The highest BCUT2D eigenvalue weighted by atomic mass is 16.5. The molecule has 0 spiro atoms. The molecule has 2 aromatic carbocycles. The fraction of sp³-hybridized carbons (Fsp3) is 0.217. The second-order valence-electron chi connectivity index (χ2n) is 6.31. The molecule has 0 atom stereocenters. The van der Waals surface area contributed by atoms with Crippen LogP contribution < -0.4 is 14.4 Å². The summed E-state index contributed by atoms with van der Waals surface area (Å²) in [6.45, 7) is 7.87. The van der Waals surface area contributed by atoms with Gasteiger partial charge in [0, 0.05) is 17.8 Å². The van der Waals surface area contributed by atoms with Crippen molar-refractivity contribution in [2.75, 3.05) is 18.6 Å². The Hall–Kier alpha value is -3.52. The van der Waals surface area contributed by atoms with Crippen molar-refractivity contribution in [1.29, 1.82) is 5.26 Å². The second-order valence-corrected chi connectivity index (χ2v) is 6.31. The Bertz CT molecular complexity index is 910. The molecule has 2 rings (SSSR count). The summed E-state index contributed by atoms with van der Waals surface area (Å²) in [5.74, 6) is 1.03. The third kappa shape index (κ3) is 5.24. The highest BCUT2D eigenvalue weighted by molar-refractivity contribution is 6.04. The van der Waals surface area contributed by atoms with Crippen LogP contribution in [0.25, 0.3) is 6.08 Å². The number of amides is 1. The van der Waals surface area contributed by atoms with E-state index in [-0.39, 0.29) is 11.9 Å². The largest absolute Gasteiger partial charge is 0.493 e. The number of rotatable bonds is 8. The van der Waals surface area contributed by atoms with E-state index in [9.17, 15) is 4.79 Å². The summed E-state index contributed by atoms with van der Waals surface area (Å²) < 4.78 is 10.9. The topological polar surface area (TPSA) is 62.6 Å². The smallest absolute Gasteiger partial charge is 0.251 e. The van der Waals surface area contributed by atoms with E-state index in [4.69, 9.17) is 14.7 Å². The van der Waals surface area contributed by atoms with Gasteiger partial charge in [0.25, 0.3) is 5.91 Å². The molecule has 144 valence electrons. The molecule has 0 radical (unpaired) electrons. The van der Waals surface area contributed by atoms with Gasteiger partial charge in [-0.15, -0.1) is 0 Å². The first-order valence-electron chi connectivity index (χ1n) is 8.93. The van der Waals surface area contributed by atoms with Crippen molar-refractivity contribution in [3.8, 4) is 17.6 Å². The van der Waals surface area contributed by atoms with Gasteiger partial charge in [-0.1, -0.05) is 24.8 Å². The lowest BCUT2D eigenvalue weighted by Crippen LogP contribution is -2.35. The molecule has 0 aliphatic rings. The maximum atomic E-state index is 12.8. The lowest BCUT2D eigenvalue weighted by atomic mass is 10.1. The fourth-order valence-corrected chi connectivity index (χ4v) is 2.71. The zero-order valence-electron chi connectivity index (χ0n) is 16.4. The van der Waals surface area contributed by atoms with E-state index < -0.39 is 0 Å². The Kier molecular flexibility index (Phi) is 7.41. The van der Waals surface area contributed by atoms with Gasteiger partial charge in [-0.2, -0.15) is 5.26 Å². The number of hydrogen-bond donors (Lipinski definition) is 0. The van der Waals surface area contributed by atoms with Gasteiger partial charge in [-0.05, 0) is 55.8 Å². The molecule has 0 fully saturated rings. The lowest BCUT2D eigenvalue weighted by Gasteiger charge is -2.25. The molecule has 0 unspecified atom stereocenters. The molecule has 2 aromatic rings. The molecule has 0 N–H and O–H groups in total. The van der Waals surface area contributed by atoms with E-state index in [0.29, 0.717) is 29.4 Å². The Morgan fingerprint density at radius 2 is 2.04 bits per heavy atom. The number of anilines is 1. The van der Waals surface area contributed by atoms with Crippen LogP contribution >= 0.6 is 0 Å². The third-order valence-electron chi connectivity index (χ3n) is 3.97. The van der Waals surface area contributed by atoms with Crippen LogP contribution in [0.15, 0.2) is 61.2 Å². The number of carbonyl (C=O) groups is 1. The summed E-state index contributed by atoms with van der Waals surface area (Å²) in [5.41, 5.74) is 2.01. The van der Waals surface area contributed by atoms with E-state index in [1.54, 1.807) is 54.5 Å². The van der Waals surface area contributed by atoms with Gasteiger partial charge in [0.1, 0.15) is 6.61 Å². The number of nitriles is 1. The van der Waals surface area contributed by atoms with E-state index in [0.717, 1.165) is 5.56 Å². The first-order valence-corrected chi connectivity index (χ1v) is 8.93. The Morgan fingerprint density at radius 3 is 2.68 bits per heavy atom. The van der Waals surface area contributed by atoms with Crippen LogP contribution in [0.5, 0.6) is 11.5 Å². The minimum atomic E-state index is -0.170. The summed E-state index contributed by atoms with van der Waals surface area (Å²) >= 11 is 0. The average Bonchev–Trinajstić information content (AvgIpc) is 2.70. The minimum absolute atomic E-state index is 0.0599. The molecule has 0 bridgehead atoms. The van der Waals surface area contributed by atoms with E-state index in [1.165, 1.54) is 6.08 Å². The summed E-state index contributed by atoms with van der Waals surface area (Å²) in [6, 6.07) is 14.5. The molecular weight excluding hydrogens is 352 g/mol. The van der Waals surface area contributed by atoms with Gasteiger partial charge in [-0.3, -0.25) is 4.79 Å². The zero-order valence-corrected chi connectivity index (χ0v) is 16.4. The molecular formula is C23H24N2O3. The van der Waals surface area contributed by atoms with Gasteiger partial charge in [-0.25, -0.2) is 0 Å². The maximum absolute atomic E-state index is 12.8. The molecule has 5 nitrogen and oxygen atoms in total. The number of nitrogens with zero attached hydrogens (tertiary/aromatic N) is 2. The van der Waals surface area contributed by atoms with Gasteiger partial charge in [0.15, 0.2) is 11.5 Å². The van der Waals surface area contributed by atoms with Crippen molar-refractivity contribution in [2.45, 2.75) is 19.9 Å². The highest BCUT2D eigenvalue weighted by Crippen LogP contribution is 2.28. The maximum Gasteiger partial charge on any atom is 0.251 e. The van der Waals surface area contributed by atoms with Gasteiger partial charge >= 0.3 is 0 Å². The predicted molar refractivity (Wildman–Crippen MR) is 111 cm³/mol. The SMILES string of the molecule is C=CCOc1ccc(C=CC(=O)N(c2cccc(C#N)c2)C(C)C)cc1OC. The van der Waals surface area contributed by atoms with Crippen LogP contribution in [-0.2, 0) is 4.79 Å². The molecule has 0 heterocycles. The molecule has 0 aromatic heterocycles. The van der Waals surface area contributed by atoms with Crippen LogP contribution in [0.3, 0.4) is 0 Å². The van der Waals surface area contributed by atoms with Crippen molar-refractivity contribution in [2.24, 2.45) is 0 Å². The van der Waals surface area contributed by atoms with Crippen molar-refractivity contribution in [1.82, 2.24) is 0 Å². The first kappa shape index (κ1) is 20.8. The van der Waals surface area contributed by atoms with Crippen molar-refractivity contribution >= 4 is 17.7 Å². The van der Waals surface area contributed by atoms with Gasteiger partial charge < -0.3 is 14.4 Å². The Morgan fingerprint density at radius 1 is 1.25 bits per heavy atom. The van der Waals surface area contributed by atoms with Crippen molar-refractivity contribution < 1.29 is 14.3 Å². The number of hydrogen-bond acceptors (Lipinski definition) is 4. The summed E-state index contributed by atoms with van der Waals surface area (Å²) in [4.78, 5) is 14.5. The van der Waals surface area contributed by atoms with Crippen molar-refractivity contribution in [3.63, 3.8) is 0 Å². The first-order chi connectivity index (χ1) is 13.5. The highest BCUT2D eigenvalue weighted by Gasteiger charge is 2.17. The monoisotopic (exact) mass is 376 g/mol.